The van der Waals surface area contributed by atoms with E-state index in [0.29, 0.717) is 25.3 Å². The molecule has 18 heavy (non-hydrogen) atoms. The molecule has 0 aliphatic carbocycles. The van der Waals surface area contributed by atoms with Crippen LogP contribution in [0.2, 0.25) is 0 Å². The SMILES string of the molecule is CC(CC(=O)N(CCCO)C(C)C)CC(C)(C)C. The van der Waals surface area contributed by atoms with E-state index in [0.717, 1.165) is 6.42 Å². The minimum absolute atomic E-state index is 0.147. The van der Waals surface area contributed by atoms with Crippen molar-refractivity contribution < 1.29 is 9.90 Å². The standard InChI is InChI=1S/C15H31NO2/c1-12(2)16(8-7-9-17)14(18)10-13(3)11-15(4,5)6/h12-13,17H,7-11H2,1-6H3. The minimum Gasteiger partial charge on any atom is -0.396 e. The van der Waals surface area contributed by atoms with Crippen LogP contribution in [-0.4, -0.2) is 35.1 Å². The second-order valence-corrected chi connectivity index (χ2v) is 6.83. The Balaban J connectivity index is 4.33. The molecule has 0 saturated heterocycles. The van der Waals surface area contributed by atoms with Gasteiger partial charge in [-0.15, -0.1) is 0 Å². The van der Waals surface area contributed by atoms with E-state index in [1.54, 1.807) is 0 Å². The molecule has 3 nitrogen and oxygen atoms in total. The number of amides is 1. The first-order valence-corrected chi connectivity index (χ1v) is 7.07. The average Bonchev–Trinajstić information content (AvgIpc) is 2.14. The van der Waals surface area contributed by atoms with Gasteiger partial charge in [0.1, 0.15) is 0 Å². The zero-order valence-electron chi connectivity index (χ0n) is 13.0. The number of rotatable bonds is 7. The Hall–Kier alpha value is -0.570. The van der Waals surface area contributed by atoms with Crippen LogP contribution in [0.5, 0.6) is 0 Å². The van der Waals surface area contributed by atoms with Crippen LogP contribution in [0.4, 0.5) is 0 Å². The lowest BCUT2D eigenvalue weighted by molar-refractivity contribution is -0.134. The van der Waals surface area contributed by atoms with Crippen molar-refractivity contribution >= 4 is 5.91 Å². The predicted octanol–water partition coefficient (Wildman–Crippen LogP) is 3.07. The van der Waals surface area contributed by atoms with Gasteiger partial charge < -0.3 is 10.0 Å². The first kappa shape index (κ1) is 17.4. The third-order valence-electron chi connectivity index (χ3n) is 2.98. The summed E-state index contributed by atoms with van der Waals surface area (Å²) in [6, 6.07) is 0.214. The molecule has 0 rings (SSSR count). The van der Waals surface area contributed by atoms with Crippen LogP contribution in [0, 0.1) is 11.3 Å². The number of aliphatic hydroxyl groups is 1. The molecule has 1 unspecified atom stereocenters. The molecule has 108 valence electrons. The number of hydrogen-bond donors (Lipinski definition) is 1. The second-order valence-electron chi connectivity index (χ2n) is 6.83. The van der Waals surface area contributed by atoms with Gasteiger partial charge in [-0.3, -0.25) is 4.79 Å². The normalized spacial score (nSPS) is 13.8. The largest absolute Gasteiger partial charge is 0.396 e. The molecule has 0 saturated carbocycles. The highest BCUT2D eigenvalue weighted by molar-refractivity contribution is 5.76. The van der Waals surface area contributed by atoms with Gasteiger partial charge in [0.15, 0.2) is 0 Å². The maximum Gasteiger partial charge on any atom is 0.223 e. The molecule has 3 heteroatoms. The van der Waals surface area contributed by atoms with E-state index in [-0.39, 0.29) is 24.0 Å². The van der Waals surface area contributed by atoms with Crippen LogP contribution in [0.15, 0.2) is 0 Å². The van der Waals surface area contributed by atoms with Crippen molar-refractivity contribution in [1.82, 2.24) is 4.90 Å². The summed E-state index contributed by atoms with van der Waals surface area (Å²) in [5, 5.41) is 8.88. The number of carbonyl (C=O) groups excluding carboxylic acids is 1. The van der Waals surface area contributed by atoms with E-state index in [1.807, 2.05) is 18.7 Å². The van der Waals surface area contributed by atoms with Crippen molar-refractivity contribution in [3.8, 4) is 0 Å². The molecule has 0 bridgehead atoms. The highest BCUT2D eigenvalue weighted by atomic mass is 16.3. The maximum absolute atomic E-state index is 12.2. The molecule has 0 aliphatic rings. The summed E-state index contributed by atoms with van der Waals surface area (Å²) < 4.78 is 0. The topological polar surface area (TPSA) is 40.5 Å². The molecule has 1 N–H and O–H groups in total. The maximum atomic E-state index is 12.2. The van der Waals surface area contributed by atoms with Gasteiger partial charge in [-0.25, -0.2) is 0 Å². The summed E-state index contributed by atoms with van der Waals surface area (Å²) in [5.74, 6) is 0.628. The van der Waals surface area contributed by atoms with Gasteiger partial charge in [-0.05, 0) is 38.0 Å². The van der Waals surface area contributed by atoms with E-state index < -0.39 is 0 Å². The smallest absolute Gasteiger partial charge is 0.223 e. The molecule has 0 spiro atoms. The van der Waals surface area contributed by atoms with E-state index in [4.69, 9.17) is 5.11 Å². The molecular formula is C15H31NO2. The fourth-order valence-corrected chi connectivity index (χ4v) is 2.44. The monoisotopic (exact) mass is 257 g/mol. The second kappa shape index (κ2) is 7.78. The molecule has 0 heterocycles. The summed E-state index contributed by atoms with van der Waals surface area (Å²) in [7, 11) is 0. The van der Waals surface area contributed by atoms with Crippen LogP contribution in [0.25, 0.3) is 0 Å². The molecule has 0 radical (unpaired) electrons. The molecule has 0 aromatic heterocycles. The first-order valence-electron chi connectivity index (χ1n) is 7.07. The molecule has 0 aromatic rings. The Morgan fingerprint density at radius 1 is 1.22 bits per heavy atom. The van der Waals surface area contributed by atoms with E-state index in [2.05, 4.69) is 27.7 Å². The predicted molar refractivity (Wildman–Crippen MR) is 76.4 cm³/mol. The van der Waals surface area contributed by atoms with Gasteiger partial charge in [-0.1, -0.05) is 27.7 Å². The zero-order chi connectivity index (χ0) is 14.3. The van der Waals surface area contributed by atoms with Crippen molar-refractivity contribution in [3.63, 3.8) is 0 Å². The summed E-state index contributed by atoms with van der Waals surface area (Å²) in [6.45, 7) is 13.6. The number of hydrogen-bond acceptors (Lipinski definition) is 2. The third-order valence-corrected chi connectivity index (χ3v) is 2.98. The summed E-state index contributed by atoms with van der Waals surface area (Å²) in [4.78, 5) is 14.1. The van der Waals surface area contributed by atoms with Crippen molar-refractivity contribution in [2.45, 2.75) is 66.8 Å². The Bertz CT molecular complexity index is 243. The molecule has 0 aromatic carbocycles. The van der Waals surface area contributed by atoms with E-state index in [1.165, 1.54) is 0 Å². The fraction of sp³-hybridized carbons (Fsp3) is 0.933. The number of nitrogens with zero attached hydrogens (tertiary/aromatic N) is 1. The van der Waals surface area contributed by atoms with Gasteiger partial charge in [0.25, 0.3) is 0 Å². The van der Waals surface area contributed by atoms with E-state index >= 15 is 0 Å². The van der Waals surface area contributed by atoms with Crippen LogP contribution < -0.4 is 0 Å². The van der Waals surface area contributed by atoms with Crippen molar-refractivity contribution in [1.29, 1.82) is 0 Å². The quantitative estimate of drug-likeness (QED) is 0.761. The van der Waals surface area contributed by atoms with Crippen molar-refractivity contribution in [2.75, 3.05) is 13.2 Å². The Labute approximate surface area is 113 Å². The highest BCUT2D eigenvalue weighted by Crippen LogP contribution is 2.26. The van der Waals surface area contributed by atoms with E-state index in [9.17, 15) is 4.79 Å². The summed E-state index contributed by atoms with van der Waals surface area (Å²) >= 11 is 0. The molecular weight excluding hydrogens is 226 g/mol. The molecule has 0 fully saturated rings. The summed E-state index contributed by atoms with van der Waals surface area (Å²) in [5.41, 5.74) is 0.271. The molecule has 0 aliphatic heterocycles. The van der Waals surface area contributed by atoms with Crippen LogP contribution in [-0.2, 0) is 4.79 Å². The lowest BCUT2D eigenvalue weighted by Gasteiger charge is -2.29. The minimum atomic E-state index is 0.147. The first-order chi connectivity index (χ1) is 8.17. The van der Waals surface area contributed by atoms with Gasteiger partial charge in [-0.2, -0.15) is 0 Å². The lowest BCUT2D eigenvalue weighted by Crippen LogP contribution is -2.39. The summed E-state index contributed by atoms with van der Waals surface area (Å²) in [6.07, 6.45) is 2.34. The van der Waals surface area contributed by atoms with Gasteiger partial charge in [0, 0.05) is 25.6 Å². The highest BCUT2D eigenvalue weighted by Gasteiger charge is 2.22. The Morgan fingerprint density at radius 2 is 1.78 bits per heavy atom. The van der Waals surface area contributed by atoms with Crippen LogP contribution in [0.1, 0.15) is 60.8 Å². The zero-order valence-corrected chi connectivity index (χ0v) is 13.0. The number of carbonyl (C=O) groups is 1. The van der Waals surface area contributed by atoms with Gasteiger partial charge in [0.05, 0.1) is 0 Å². The van der Waals surface area contributed by atoms with Gasteiger partial charge in [0.2, 0.25) is 5.91 Å². The Morgan fingerprint density at radius 3 is 2.17 bits per heavy atom. The van der Waals surface area contributed by atoms with Crippen molar-refractivity contribution in [3.05, 3.63) is 0 Å². The average molecular weight is 257 g/mol. The fourth-order valence-electron chi connectivity index (χ4n) is 2.44. The van der Waals surface area contributed by atoms with Crippen molar-refractivity contribution in [2.24, 2.45) is 11.3 Å². The van der Waals surface area contributed by atoms with Crippen LogP contribution in [0.3, 0.4) is 0 Å². The number of aliphatic hydroxyl groups excluding tert-OH is 1. The third kappa shape index (κ3) is 7.70. The Kier molecular flexibility index (Phi) is 7.53. The lowest BCUT2D eigenvalue weighted by atomic mass is 9.84. The molecule has 1 amide bonds. The van der Waals surface area contributed by atoms with Gasteiger partial charge >= 0.3 is 0 Å². The molecule has 1 atom stereocenters. The van der Waals surface area contributed by atoms with Crippen LogP contribution >= 0.6 is 0 Å².